The van der Waals surface area contributed by atoms with Crippen molar-refractivity contribution >= 4 is 28.1 Å². The van der Waals surface area contributed by atoms with E-state index in [0.717, 1.165) is 17.1 Å². The van der Waals surface area contributed by atoms with Crippen molar-refractivity contribution in [2.45, 2.75) is 0 Å². The molecule has 5 nitrogen and oxygen atoms in total. The summed E-state index contributed by atoms with van der Waals surface area (Å²) >= 11 is 1.45. The molecule has 1 N–H and O–H groups in total. The first-order valence-electron chi connectivity index (χ1n) is 8.39. The second-order valence-electron chi connectivity index (χ2n) is 5.80. The number of benzene rings is 2. The van der Waals surface area contributed by atoms with E-state index in [2.05, 4.69) is 15.3 Å². The molecule has 0 amide bonds. The number of ether oxygens (including phenoxy) is 1. The van der Waals surface area contributed by atoms with Crippen LogP contribution in [0.2, 0.25) is 0 Å². The standard InChI is InChI=1S/C21H14FN3O2S/c22-15-9-7-14(8-10-15)20(26)27-17-5-3-4-16(12-17)24-21-25-19(13-28-21)18-6-1-2-11-23-18/h1-13H,(H,24,25). The fourth-order valence-corrected chi connectivity index (χ4v) is 3.20. The molecule has 2 aromatic heterocycles. The normalized spacial score (nSPS) is 10.5. The fraction of sp³-hybridized carbons (Fsp3) is 0. The Hall–Kier alpha value is -3.58. The first-order chi connectivity index (χ1) is 13.7. The lowest BCUT2D eigenvalue weighted by Crippen LogP contribution is -2.08. The molecule has 0 bridgehead atoms. The number of hydrogen-bond acceptors (Lipinski definition) is 6. The summed E-state index contributed by atoms with van der Waals surface area (Å²) in [5.74, 6) is -0.582. The van der Waals surface area contributed by atoms with Crippen LogP contribution in [0.25, 0.3) is 11.4 Å². The SMILES string of the molecule is O=C(Oc1cccc(Nc2nc(-c3ccccn3)cs2)c1)c1ccc(F)cc1. The Morgan fingerprint density at radius 1 is 1.00 bits per heavy atom. The third kappa shape index (κ3) is 4.21. The monoisotopic (exact) mass is 391 g/mol. The molecule has 0 aliphatic carbocycles. The molecule has 0 atom stereocenters. The van der Waals surface area contributed by atoms with Crippen LogP contribution in [-0.4, -0.2) is 15.9 Å². The Labute approximate surface area is 164 Å². The van der Waals surface area contributed by atoms with Crippen molar-refractivity contribution in [3.63, 3.8) is 0 Å². The summed E-state index contributed by atoms with van der Waals surface area (Å²) in [5, 5.41) is 5.81. The van der Waals surface area contributed by atoms with Crippen LogP contribution < -0.4 is 10.1 Å². The summed E-state index contributed by atoms with van der Waals surface area (Å²) in [6, 6.07) is 17.8. The summed E-state index contributed by atoms with van der Waals surface area (Å²) in [6.45, 7) is 0. The molecule has 7 heteroatoms. The molecule has 0 saturated heterocycles. The third-order valence-corrected chi connectivity index (χ3v) is 4.57. The Kier molecular flexibility index (Phi) is 5.07. The maximum Gasteiger partial charge on any atom is 0.343 e. The molecule has 0 radical (unpaired) electrons. The van der Waals surface area contributed by atoms with E-state index in [1.165, 1.54) is 35.6 Å². The number of rotatable bonds is 5. The molecule has 4 aromatic rings. The highest BCUT2D eigenvalue weighted by Gasteiger charge is 2.10. The Morgan fingerprint density at radius 2 is 1.86 bits per heavy atom. The van der Waals surface area contributed by atoms with E-state index < -0.39 is 11.8 Å². The number of carbonyl (C=O) groups is 1. The average molecular weight is 391 g/mol. The van der Waals surface area contributed by atoms with Crippen molar-refractivity contribution in [2.24, 2.45) is 0 Å². The second kappa shape index (κ2) is 7.98. The minimum Gasteiger partial charge on any atom is -0.423 e. The molecule has 0 fully saturated rings. The molecule has 0 saturated carbocycles. The highest BCUT2D eigenvalue weighted by molar-refractivity contribution is 7.14. The van der Waals surface area contributed by atoms with Crippen molar-refractivity contribution in [3.8, 4) is 17.1 Å². The number of aromatic nitrogens is 2. The highest BCUT2D eigenvalue weighted by Crippen LogP contribution is 2.27. The summed E-state index contributed by atoms with van der Waals surface area (Å²) < 4.78 is 18.3. The van der Waals surface area contributed by atoms with Gasteiger partial charge in [0.25, 0.3) is 0 Å². The van der Waals surface area contributed by atoms with Gasteiger partial charge in [0.2, 0.25) is 0 Å². The topological polar surface area (TPSA) is 64.1 Å². The lowest BCUT2D eigenvalue weighted by atomic mass is 10.2. The second-order valence-corrected chi connectivity index (χ2v) is 6.66. The van der Waals surface area contributed by atoms with E-state index in [1.54, 1.807) is 24.4 Å². The number of halogens is 1. The third-order valence-electron chi connectivity index (χ3n) is 3.81. The van der Waals surface area contributed by atoms with Crippen molar-refractivity contribution in [2.75, 3.05) is 5.32 Å². The van der Waals surface area contributed by atoms with Crippen molar-refractivity contribution in [1.29, 1.82) is 0 Å². The van der Waals surface area contributed by atoms with Crippen LogP contribution >= 0.6 is 11.3 Å². The molecule has 2 aromatic carbocycles. The van der Waals surface area contributed by atoms with Crippen LogP contribution in [0, 0.1) is 5.82 Å². The van der Waals surface area contributed by atoms with Gasteiger partial charge in [-0.05, 0) is 48.5 Å². The molecule has 4 rings (SSSR count). The summed E-state index contributed by atoms with van der Waals surface area (Å²) in [7, 11) is 0. The number of pyridine rings is 1. The van der Waals surface area contributed by atoms with Gasteiger partial charge in [0.15, 0.2) is 5.13 Å². The molecule has 28 heavy (non-hydrogen) atoms. The summed E-state index contributed by atoms with van der Waals surface area (Å²) in [5.41, 5.74) is 2.59. The first kappa shape index (κ1) is 17.8. The zero-order chi connectivity index (χ0) is 19.3. The van der Waals surface area contributed by atoms with Gasteiger partial charge >= 0.3 is 5.97 Å². The van der Waals surface area contributed by atoms with E-state index in [0.29, 0.717) is 10.9 Å². The van der Waals surface area contributed by atoms with E-state index in [4.69, 9.17) is 4.74 Å². The van der Waals surface area contributed by atoms with Crippen LogP contribution in [0.1, 0.15) is 10.4 Å². The lowest BCUT2D eigenvalue weighted by molar-refractivity contribution is 0.0735. The quantitative estimate of drug-likeness (QED) is 0.369. The predicted molar refractivity (Wildman–Crippen MR) is 106 cm³/mol. The van der Waals surface area contributed by atoms with Gasteiger partial charge in [-0.15, -0.1) is 11.3 Å². The summed E-state index contributed by atoms with van der Waals surface area (Å²) in [4.78, 5) is 21.0. The zero-order valence-electron chi connectivity index (χ0n) is 14.5. The van der Waals surface area contributed by atoms with Crippen LogP contribution in [-0.2, 0) is 0 Å². The first-order valence-corrected chi connectivity index (χ1v) is 9.27. The number of nitrogens with one attached hydrogen (secondary N) is 1. The number of esters is 1. The Balaban J connectivity index is 1.46. The fourth-order valence-electron chi connectivity index (χ4n) is 2.48. The number of anilines is 2. The molecule has 0 aliphatic rings. The number of hydrogen-bond donors (Lipinski definition) is 1. The largest absolute Gasteiger partial charge is 0.423 e. The minimum atomic E-state index is -0.552. The minimum absolute atomic E-state index is 0.277. The van der Waals surface area contributed by atoms with E-state index >= 15 is 0 Å². The molecule has 0 unspecified atom stereocenters. The van der Waals surface area contributed by atoms with Gasteiger partial charge < -0.3 is 10.1 Å². The van der Waals surface area contributed by atoms with Crippen LogP contribution in [0.15, 0.2) is 78.3 Å². The van der Waals surface area contributed by atoms with Gasteiger partial charge in [-0.1, -0.05) is 12.1 Å². The molecule has 0 aliphatic heterocycles. The molecular weight excluding hydrogens is 377 g/mol. The van der Waals surface area contributed by atoms with Gasteiger partial charge in [-0.25, -0.2) is 14.2 Å². The number of thiazole rings is 1. The summed E-state index contributed by atoms with van der Waals surface area (Å²) in [6.07, 6.45) is 1.72. The van der Waals surface area contributed by atoms with Crippen molar-refractivity contribution in [3.05, 3.63) is 89.7 Å². The van der Waals surface area contributed by atoms with E-state index in [-0.39, 0.29) is 5.56 Å². The van der Waals surface area contributed by atoms with Crippen LogP contribution in [0.5, 0.6) is 5.75 Å². The average Bonchev–Trinajstić information content (AvgIpc) is 3.18. The van der Waals surface area contributed by atoms with Crippen LogP contribution in [0.3, 0.4) is 0 Å². The molecule has 138 valence electrons. The predicted octanol–water partition coefficient (Wildman–Crippen LogP) is 5.31. The van der Waals surface area contributed by atoms with Gasteiger partial charge in [0.1, 0.15) is 17.3 Å². The molecular formula is C21H14FN3O2S. The Morgan fingerprint density at radius 3 is 2.64 bits per heavy atom. The van der Waals surface area contributed by atoms with E-state index in [9.17, 15) is 9.18 Å². The van der Waals surface area contributed by atoms with Crippen molar-refractivity contribution < 1.29 is 13.9 Å². The van der Waals surface area contributed by atoms with Crippen LogP contribution in [0.4, 0.5) is 15.2 Å². The Bertz CT molecular complexity index is 1100. The lowest BCUT2D eigenvalue weighted by Gasteiger charge is -2.07. The van der Waals surface area contributed by atoms with Gasteiger partial charge in [0.05, 0.1) is 11.3 Å². The number of carbonyl (C=O) groups excluding carboxylic acids is 1. The smallest absolute Gasteiger partial charge is 0.343 e. The highest BCUT2D eigenvalue weighted by atomic mass is 32.1. The van der Waals surface area contributed by atoms with Gasteiger partial charge in [0, 0.05) is 23.3 Å². The maximum atomic E-state index is 13.0. The van der Waals surface area contributed by atoms with E-state index in [1.807, 2.05) is 29.6 Å². The van der Waals surface area contributed by atoms with Gasteiger partial charge in [-0.3, -0.25) is 4.98 Å². The maximum absolute atomic E-state index is 13.0. The zero-order valence-corrected chi connectivity index (χ0v) is 15.3. The molecule has 0 spiro atoms. The number of nitrogens with zero attached hydrogens (tertiary/aromatic N) is 2. The van der Waals surface area contributed by atoms with Gasteiger partial charge in [-0.2, -0.15) is 0 Å². The van der Waals surface area contributed by atoms with Crippen molar-refractivity contribution in [1.82, 2.24) is 9.97 Å². The molecule has 2 heterocycles.